The number of carbonyl (C=O) groups is 1. The molecule has 0 saturated heterocycles. The highest BCUT2D eigenvalue weighted by Crippen LogP contribution is 2.26. The molecule has 1 amide bonds. The lowest BCUT2D eigenvalue weighted by molar-refractivity contribution is 0.0951. The van der Waals surface area contributed by atoms with E-state index in [9.17, 15) is 9.59 Å². The molecular formula is C18H21N3O3S. The van der Waals surface area contributed by atoms with E-state index in [-0.39, 0.29) is 11.5 Å². The van der Waals surface area contributed by atoms with Gasteiger partial charge in [-0.2, -0.15) is 0 Å². The number of hydrogen-bond acceptors (Lipinski definition) is 5. The molecule has 0 aliphatic carbocycles. The van der Waals surface area contributed by atoms with Crippen molar-refractivity contribution in [1.29, 1.82) is 0 Å². The summed E-state index contributed by atoms with van der Waals surface area (Å²) in [7, 11) is 0. The lowest BCUT2D eigenvalue weighted by Crippen LogP contribution is -2.23. The van der Waals surface area contributed by atoms with E-state index >= 15 is 0 Å². The standard InChI is InChI=1S/C18H21N3O3S/c1-3-4-5-8-21-11-20-17-14(18(21)23)12(2)15(25-17)16(22)19-10-13-7-6-9-24-13/h6-7,9,11H,3-5,8,10H2,1-2H3,(H,19,22). The number of thiophene rings is 1. The quantitative estimate of drug-likeness (QED) is 0.655. The number of nitrogens with one attached hydrogen (secondary N) is 1. The van der Waals surface area contributed by atoms with Gasteiger partial charge in [-0.15, -0.1) is 11.3 Å². The van der Waals surface area contributed by atoms with Crippen molar-refractivity contribution in [2.24, 2.45) is 0 Å². The average molecular weight is 359 g/mol. The molecule has 3 aromatic heterocycles. The van der Waals surface area contributed by atoms with E-state index in [2.05, 4.69) is 17.2 Å². The first-order valence-electron chi connectivity index (χ1n) is 8.41. The smallest absolute Gasteiger partial charge is 0.262 e. The molecule has 0 aliphatic heterocycles. The maximum absolute atomic E-state index is 12.7. The molecule has 0 saturated carbocycles. The number of amides is 1. The van der Waals surface area contributed by atoms with Crippen molar-refractivity contribution in [3.63, 3.8) is 0 Å². The summed E-state index contributed by atoms with van der Waals surface area (Å²) >= 11 is 1.25. The minimum atomic E-state index is -0.214. The first-order chi connectivity index (χ1) is 12.1. The van der Waals surface area contributed by atoms with E-state index in [0.29, 0.717) is 39.5 Å². The Labute approximate surface area is 149 Å². The molecule has 0 radical (unpaired) electrons. The summed E-state index contributed by atoms with van der Waals surface area (Å²) in [5.41, 5.74) is 0.624. The zero-order valence-electron chi connectivity index (χ0n) is 14.4. The van der Waals surface area contributed by atoms with Crippen LogP contribution in [0.1, 0.15) is 47.2 Å². The van der Waals surface area contributed by atoms with Gasteiger partial charge < -0.3 is 9.73 Å². The second-order valence-corrected chi connectivity index (χ2v) is 6.95. The summed E-state index contributed by atoms with van der Waals surface area (Å²) in [5.74, 6) is 0.470. The number of carbonyl (C=O) groups excluding carboxylic acids is 1. The van der Waals surface area contributed by atoms with Crippen LogP contribution in [0.2, 0.25) is 0 Å². The molecule has 1 N–H and O–H groups in total. The summed E-state index contributed by atoms with van der Waals surface area (Å²) in [5, 5.41) is 3.37. The summed E-state index contributed by atoms with van der Waals surface area (Å²) in [6, 6.07) is 3.58. The Bertz CT molecular complexity index is 925. The van der Waals surface area contributed by atoms with Gasteiger partial charge in [-0.05, 0) is 31.0 Å². The molecule has 0 aliphatic rings. The van der Waals surface area contributed by atoms with Crippen molar-refractivity contribution in [2.75, 3.05) is 0 Å². The SMILES string of the molecule is CCCCCn1cnc2sc(C(=O)NCc3ccco3)c(C)c2c1=O. The second-order valence-electron chi connectivity index (χ2n) is 5.95. The van der Waals surface area contributed by atoms with Crippen LogP contribution in [-0.4, -0.2) is 15.5 Å². The minimum absolute atomic E-state index is 0.0695. The normalized spacial score (nSPS) is 11.1. The van der Waals surface area contributed by atoms with E-state index in [4.69, 9.17) is 4.42 Å². The van der Waals surface area contributed by atoms with E-state index in [0.717, 1.165) is 19.3 Å². The molecule has 25 heavy (non-hydrogen) atoms. The summed E-state index contributed by atoms with van der Waals surface area (Å²) < 4.78 is 6.85. The Morgan fingerprint density at radius 2 is 2.24 bits per heavy atom. The van der Waals surface area contributed by atoms with Crippen LogP contribution in [0.25, 0.3) is 10.2 Å². The molecule has 3 heterocycles. The lowest BCUT2D eigenvalue weighted by atomic mass is 10.2. The van der Waals surface area contributed by atoms with Crippen molar-refractivity contribution >= 4 is 27.5 Å². The van der Waals surface area contributed by atoms with Gasteiger partial charge in [0.1, 0.15) is 10.6 Å². The van der Waals surface area contributed by atoms with Crippen LogP contribution >= 0.6 is 11.3 Å². The maximum atomic E-state index is 12.7. The van der Waals surface area contributed by atoms with Crippen LogP contribution in [0, 0.1) is 6.92 Å². The Hall–Kier alpha value is -2.41. The first kappa shape index (κ1) is 17.4. The third-order valence-electron chi connectivity index (χ3n) is 4.13. The number of aryl methyl sites for hydroxylation is 2. The second kappa shape index (κ2) is 7.65. The fourth-order valence-corrected chi connectivity index (χ4v) is 3.78. The van der Waals surface area contributed by atoms with Crippen LogP contribution in [0.4, 0.5) is 0 Å². The third kappa shape index (κ3) is 3.66. The highest BCUT2D eigenvalue weighted by molar-refractivity contribution is 7.20. The molecule has 7 heteroatoms. The molecule has 0 unspecified atom stereocenters. The highest BCUT2D eigenvalue weighted by atomic mass is 32.1. The van der Waals surface area contributed by atoms with Gasteiger partial charge in [0.15, 0.2) is 0 Å². The molecule has 0 fully saturated rings. The van der Waals surface area contributed by atoms with Crippen LogP contribution in [0.3, 0.4) is 0 Å². The fraction of sp³-hybridized carbons (Fsp3) is 0.389. The number of unbranched alkanes of at least 4 members (excludes halogenated alkanes) is 2. The maximum Gasteiger partial charge on any atom is 0.262 e. The van der Waals surface area contributed by atoms with Crippen LogP contribution in [-0.2, 0) is 13.1 Å². The van der Waals surface area contributed by atoms with Crippen molar-refractivity contribution in [1.82, 2.24) is 14.9 Å². The average Bonchev–Trinajstić information content (AvgIpc) is 3.23. The molecule has 6 nitrogen and oxygen atoms in total. The topological polar surface area (TPSA) is 77.1 Å². The fourth-order valence-electron chi connectivity index (χ4n) is 2.73. The molecule has 0 atom stereocenters. The highest BCUT2D eigenvalue weighted by Gasteiger charge is 2.19. The minimum Gasteiger partial charge on any atom is -0.467 e. The van der Waals surface area contributed by atoms with E-state index in [1.54, 1.807) is 36.2 Å². The van der Waals surface area contributed by atoms with Crippen LogP contribution in [0.5, 0.6) is 0 Å². The summed E-state index contributed by atoms with van der Waals surface area (Å²) in [6.07, 6.45) is 6.27. The van der Waals surface area contributed by atoms with Crippen molar-refractivity contribution in [3.8, 4) is 0 Å². The number of hydrogen-bond donors (Lipinski definition) is 1. The molecule has 3 rings (SSSR count). The summed E-state index contributed by atoms with van der Waals surface area (Å²) in [4.78, 5) is 30.7. The van der Waals surface area contributed by atoms with Crippen molar-refractivity contribution in [2.45, 2.75) is 46.2 Å². The Balaban J connectivity index is 1.84. The molecule has 0 bridgehead atoms. The van der Waals surface area contributed by atoms with Gasteiger partial charge >= 0.3 is 0 Å². The molecule has 0 spiro atoms. The summed E-state index contributed by atoms with van der Waals surface area (Å²) in [6.45, 7) is 4.90. The number of fused-ring (bicyclic) bond motifs is 1. The predicted molar refractivity (Wildman–Crippen MR) is 98.0 cm³/mol. The lowest BCUT2D eigenvalue weighted by Gasteiger charge is -2.04. The largest absolute Gasteiger partial charge is 0.467 e. The Morgan fingerprint density at radius 3 is 2.96 bits per heavy atom. The van der Waals surface area contributed by atoms with Crippen molar-refractivity contribution in [3.05, 3.63) is 51.3 Å². The van der Waals surface area contributed by atoms with Gasteiger partial charge in [0, 0.05) is 6.54 Å². The Morgan fingerprint density at radius 1 is 1.40 bits per heavy atom. The zero-order valence-corrected chi connectivity index (χ0v) is 15.2. The monoisotopic (exact) mass is 359 g/mol. The third-order valence-corrected chi connectivity index (χ3v) is 5.33. The first-order valence-corrected chi connectivity index (χ1v) is 9.22. The molecule has 0 aromatic carbocycles. The molecule has 3 aromatic rings. The number of aromatic nitrogens is 2. The van der Waals surface area contributed by atoms with Crippen LogP contribution in [0.15, 0.2) is 33.9 Å². The van der Waals surface area contributed by atoms with Crippen LogP contribution < -0.4 is 10.9 Å². The van der Waals surface area contributed by atoms with Gasteiger partial charge in [-0.25, -0.2) is 4.98 Å². The molecular weight excluding hydrogens is 338 g/mol. The van der Waals surface area contributed by atoms with Gasteiger partial charge in [0.05, 0.1) is 29.4 Å². The van der Waals surface area contributed by atoms with Gasteiger partial charge in [-0.3, -0.25) is 14.2 Å². The van der Waals surface area contributed by atoms with Gasteiger partial charge in [0.25, 0.3) is 11.5 Å². The number of furan rings is 1. The molecule has 132 valence electrons. The van der Waals surface area contributed by atoms with Crippen molar-refractivity contribution < 1.29 is 9.21 Å². The van der Waals surface area contributed by atoms with E-state index in [1.807, 2.05) is 0 Å². The van der Waals surface area contributed by atoms with E-state index in [1.165, 1.54) is 11.3 Å². The van der Waals surface area contributed by atoms with E-state index < -0.39 is 0 Å². The predicted octanol–water partition coefficient (Wildman–Crippen LogP) is 3.48. The van der Waals surface area contributed by atoms with Gasteiger partial charge in [-0.1, -0.05) is 19.8 Å². The number of nitrogens with zero attached hydrogens (tertiary/aromatic N) is 2. The van der Waals surface area contributed by atoms with Gasteiger partial charge in [0.2, 0.25) is 0 Å². The zero-order chi connectivity index (χ0) is 17.8. The number of rotatable bonds is 7. The Kier molecular flexibility index (Phi) is 5.33.